The summed E-state index contributed by atoms with van der Waals surface area (Å²) in [6.45, 7) is 4.01. The van der Waals surface area contributed by atoms with Crippen molar-refractivity contribution in [3.63, 3.8) is 0 Å². The fourth-order valence-corrected chi connectivity index (χ4v) is 3.15. The van der Waals surface area contributed by atoms with Crippen LogP contribution in [0.15, 0.2) is 42.5 Å². The maximum atomic E-state index is 13.1. The van der Waals surface area contributed by atoms with Crippen LogP contribution in [0.25, 0.3) is 0 Å². The van der Waals surface area contributed by atoms with Crippen LogP contribution in [0.3, 0.4) is 0 Å². The highest BCUT2D eigenvalue weighted by Gasteiger charge is 2.38. The van der Waals surface area contributed by atoms with Crippen molar-refractivity contribution in [1.82, 2.24) is 0 Å². The third kappa shape index (κ3) is 3.09. The van der Waals surface area contributed by atoms with E-state index >= 15 is 0 Å². The zero-order chi connectivity index (χ0) is 17.3. The molecule has 1 atom stereocenters. The SMILES string of the molecule is COc1ccc(C(=O)C2CC(C)(C)Oc3cc(OC)ccc32)cc1. The van der Waals surface area contributed by atoms with E-state index in [2.05, 4.69) is 0 Å². The molecule has 0 amide bonds. The first kappa shape index (κ1) is 16.4. The minimum absolute atomic E-state index is 0.0976. The standard InChI is InChI=1S/C20H22O4/c1-20(2)12-17(16-10-9-15(23-4)11-18(16)24-20)19(21)13-5-7-14(22-3)8-6-13/h5-11,17H,12H2,1-4H3. The molecule has 0 N–H and O–H groups in total. The highest BCUT2D eigenvalue weighted by molar-refractivity contribution is 6.01. The predicted molar refractivity (Wildman–Crippen MR) is 92.4 cm³/mol. The number of ether oxygens (including phenoxy) is 3. The summed E-state index contributed by atoms with van der Waals surface area (Å²) in [6.07, 6.45) is 0.636. The lowest BCUT2D eigenvalue weighted by Crippen LogP contribution is -2.37. The van der Waals surface area contributed by atoms with Gasteiger partial charge in [-0.3, -0.25) is 4.79 Å². The van der Waals surface area contributed by atoms with Crippen molar-refractivity contribution in [2.75, 3.05) is 14.2 Å². The van der Waals surface area contributed by atoms with Crippen molar-refractivity contribution >= 4 is 5.78 Å². The van der Waals surface area contributed by atoms with E-state index in [0.717, 1.165) is 22.8 Å². The molecule has 4 heteroatoms. The van der Waals surface area contributed by atoms with Crippen molar-refractivity contribution in [1.29, 1.82) is 0 Å². The molecule has 4 nitrogen and oxygen atoms in total. The molecular weight excluding hydrogens is 304 g/mol. The van der Waals surface area contributed by atoms with E-state index in [4.69, 9.17) is 14.2 Å². The van der Waals surface area contributed by atoms with E-state index in [1.807, 2.05) is 56.3 Å². The van der Waals surface area contributed by atoms with Gasteiger partial charge in [0.15, 0.2) is 5.78 Å². The molecule has 1 heterocycles. The van der Waals surface area contributed by atoms with Crippen LogP contribution in [0.4, 0.5) is 0 Å². The molecule has 1 aliphatic rings. The minimum Gasteiger partial charge on any atom is -0.497 e. The molecule has 0 fully saturated rings. The van der Waals surface area contributed by atoms with E-state index in [0.29, 0.717) is 12.0 Å². The normalized spacial score (nSPS) is 18.2. The van der Waals surface area contributed by atoms with Crippen molar-refractivity contribution in [2.24, 2.45) is 0 Å². The molecular formula is C20H22O4. The van der Waals surface area contributed by atoms with E-state index < -0.39 is 5.60 Å². The molecule has 0 aliphatic carbocycles. The first-order valence-electron chi connectivity index (χ1n) is 7.99. The Hall–Kier alpha value is -2.49. The van der Waals surface area contributed by atoms with Gasteiger partial charge in [-0.15, -0.1) is 0 Å². The van der Waals surface area contributed by atoms with Gasteiger partial charge in [0.05, 0.1) is 20.1 Å². The Morgan fingerprint density at radius 1 is 1.04 bits per heavy atom. The van der Waals surface area contributed by atoms with Gasteiger partial charge < -0.3 is 14.2 Å². The summed E-state index contributed by atoms with van der Waals surface area (Å²) in [7, 11) is 3.23. The summed E-state index contributed by atoms with van der Waals surface area (Å²) in [6, 6.07) is 12.9. The Morgan fingerprint density at radius 3 is 2.29 bits per heavy atom. The number of methoxy groups -OCH3 is 2. The zero-order valence-corrected chi connectivity index (χ0v) is 14.5. The van der Waals surface area contributed by atoms with E-state index in [1.165, 1.54) is 0 Å². The molecule has 24 heavy (non-hydrogen) atoms. The van der Waals surface area contributed by atoms with E-state index in [-0.39, 0.29) is 11.7 Å². The lowest BCUT2D eigenvalue weighted by molar-refractivity contribution is 0.0616. The maximum absolute atomic E-state index is 13.1. The molecule has 2 aromatic carbocycles. The molecule has 1 aliphatic heterocycles. The average Bonchev–Trinajstić information content (AvgIpc) is 2.59. The summed E-state index contributed by atoms with van der Waals surface area (Å²) in [5, 5.41) is 0. The Morgan fingerprint density at radius 2 is 1.67 bits per heavy atom. The molecule has 126 valence electrons. The summed E-state index contributed by atoms with van der Waals surface area (Å²) in [4.78, 5) is 13.1. The minimum atomic E-state index is -0.411. The largest absolute Gasteiger partial charge is 0.497 e. The van der Waals surface area contributed by atoms with Gasteiger partial charge in [0.1, 0.15) is 22.8 Å². The van der Waals surface area contributed by atoms with Crippen molar-refractivity contribution in [3.05, 3.63) is 53.6 Å². The molecule has 2 aromatic rings. The van der Waals surface area contributed by atoms with Crippen molar-refractivity contribution in [2.45, 2.75) is 31.8 Å². The zero-order valence-electron chi connectivity index (χ0n) is 14.5. The summed E-state index contributed by atoms with van der Waals surface area (Å²) in [5.74, 6) is 2.05. The van der Waals surface area contributed by atoms with Gasteiger partial charge in [0.2, 0.25) is 0 Å². The molecule has 0 saturated heterocycles. The number of ketones is 1. The lowest BCUT2D eigenvalue weighted by atomic mass is 9.80. The molecule has 0 aromatic heterocycles. The second-order valence-corrected chi connectivity index (χ2v) is 6.61. The second kappa shape index (κ2) is 6.19. The highest BCUT2D eigenvalue weighted by Crippen LogP contribution is 2.43. The Balaban J connectivity index is 1.99. The summed E-state index contributed by atoms with van der Waals surface area (Å²) in [5.41, 5.74) is 1.18. The third-order valence-corrected chi connectivity index (χ3v) is 4.37. The third-order valence-electron chi connectivity index (χ3n) is 4.37. The summed E-state index contributed by atoms with van der Waals surface area (Å²) < 4.78 is 16.5. The van der Waals surface area contributed by atoms with Gasteiger partial charge >= 0.3 is 0 Å². The van der Waals surface area contributed by atoms with E-state index in [1.54, 1.807) is 14.2 Å². The molecule has 0 spiro atoms. The van der Waals surface area contributed by atoms with Crippen LogP contribution in [0.2, 0.25) is 0 Å². The fourth-order valence-electron chi connectivity index (χ4n) is 3.15. The lowest BCUT2D eigenvalue weighted by Gasteiger charge is -2.37. The van der Waals surface area contributed by atoms with Crippen molar-refractivity contribution < 1.29 is 19.0 Å². The van der Waals surface area contributed by atoms with Crippen LogP contribution in [0.5, 0.6) is 17.2 Å². The number of Topliss-reactive ketones (excluding diaryl/α,β-unsaturated/α-hetero) is 1. The first-order chi connectivity index (χ1) is 11.4. The van der Waals surface area contributed by atoms with Crippen LogP contribution in [-0.2, 0) is 0 Å². The number of hydrogen-bond donors (Lipinski definition) is 0. The smallest absolute Gasteiger partial charge is 0.170 e. The van der Waals surface area contributed by atoms with Gasteiger partial charge in [-0.25, -0.2) is 0 Å². The number of rotatable bonds is 4. The van der Waals surface area contributed by atoms with Gasteiger partial charge in [-0.1, -0.05) is 6.07 Å². The number of carbonyl (C=O) groups is 1. The van der Waals surface area contributed by atoms with Crippen LogP contribution >= 0.6 is 0 Å². The fraction of sp³-hybridized carbons (Fsp3) is 0.350. The second-order valence-electron chi connectivity index (χ2n) is 6.61. The van der Waals surface area contributed by atoms with Gasteiger partial charge in [-0.05, 0) is 44.2 Å². The first-order valence-corrected chi connectivity index (χ1v) is 7.99. The number of benzene rings is 2. The molecule has 0 radical (unpaired) electrons. The van der Waals surface area contributed by atoms with Gasteiger partial charge in [0.25, 0.3) is 0 Å². The van der Waals surface area contributed by atoms with E-state index in [9.17, 15) is 4.79 Å². The molecule has 0 bridgehead atoms. The maximum Gasteiger partial charge on any atom is 0.170 e. The monoisotopic (exact) mass is 326 g/mol. The Labute approximate surface area is 142 Å². The molecule has 1 unspecified atom stereocenters. The van der Waals surface area contributed by atoms with Crippen LogP contribution in [0.1, 0.15) is 42.1 Å². The van der Waals surface area contributed by atoms with Gasteiger partial charge in [-0.2, -0.15) is 0 Å². The molecule has 0 saturated carbocycles. The Bertz CT molecular complexity index is 747. The average molecular weight is 326 g/mol. The number of hydrogen-bond acceptors (Lipinski definition) is 4. The predicted octanol–water partition coefficient (Wildman–Crippen LogP) is 4.23. The topological polar surface area (TPSA) is 44.8 Å². The van der Waals surface area contributed by atoms with Gasteiger partial charge in [0, 0.05) is 23.6 Å². The van der Waals surface area contributed by atoms with Crippen LogP contribution < -0.4 is 14.2 Å². The number of fused-ring (bicyclic) bond motifs is 1. The van der Waals surface area contributed by atoms with Crippen molar-refractivity contribution in [3.8, 4) is 17.2 Å². The van der Waals surface area contributed by atoms with Crippen LogP contribution in [-0.4, -0.2) is 25.6 Å². The Kier molecular flexibility index (Phi) is 4.22. The summed E-state index contributed by atoms with van der Waals surface area (Å²) >= 11 is 0. The number of carbonyl (C=O) groups excluding carboxylic acids is 1. The molecule has 3 rings (SSSR count). The van der Waals surface area contributed by atoms with Crippen LogP contribution in [0, 0.1) is 0 Å². The highest BCUT2D eigenvalue weighted by atomic mass is 16.5. The quantitative estimate of drug-likeness (QED) is 0.789.